The molecule has 0 bridgehead atoms. The van der Waals surface area contributed by atoms with Crippen molar-refractivity contribution >= 4 is 60.6 Å². The third-order valence-electron chi connectivity index (χ3n) is 8.70. The molecule has 0 N–H and O–H groups in total. The van der Waals surface area contributed by atoms with Gasteiger partial charge in [0.25, 0.3) is 0 Å². The molecule has 2 aromatic heterocycles. The van der Waals surface area contributed by atoms with Crippen LogP contribution < -0.4 is 4.90 Å². The van der Waals surface area contributed by atoms with Crippen molar-refractivity contribution in [1.29, 1.82) is 0 Å². The van der Waals surface area contributed by atoms with E-state index in [9.17, 15) is 0 Å². The first kappa shape index (κ1) is 27.3. The van der Waals surface area contributed by atoms with E-state index in [1.807, 2.05) is 12.1 Å². The molecule has 47 heavy (non-hydrogen) atoms. The summed E-state index contributed by atoms with van der Waals surface area (Å²) in [6.45, 7) is 0. The first-order valence-corrected chi connectivity index (χ1v) is 16.5. The van der Waals surface area contributed by atoms with Crippen LogP contribution in [0.25, 0.3) is 65.0 Å². The van der Waals surface area contributed by atoms with Gasteiger partial charge in [0, 0.05) is 39.5 Å². The predicted octanol–water partition coefficient (Wildman–Crippen LogP) is 12.7. The Morgan fingerprint density at radius 2 is 1.04 bits per heavy atom. The van der Waals surface area contributed by atoms with E-state index in [1.54, 1.807) is 11.3 Å². The second kappa shape index (κ2) is 11.4. The number of rotatable bonds is 6. The normalized spacial score (nSPS) is 11.4. The lowest BCUT2D eigenvalue weighted by atomic mass is 10.00. The summed E-state index contributed by atoms with van der Waals surface area (Å²) in [5.41, 5.74) is 11.8. The number of aromatic nitrogens is 1. The van der Waals surface area contributed by atoms with E-state index in [0.717, 1.165) is 65.4 Å². The van der Waals surface area contributed by atoms with Crippen molar-refractivity contribution < 1.29 is 4.42 Å². The first-order valence-electron chi connectivity index (χ1n) is 15.7. The number of thiazole rings is 1. The molecule has 0 aliphatic heterocycles. The van der Waals surface area contributed by atoms with Crippen LogP contribution in [-0.4, -0.2) is 4.98 Å². The fourth-order valence-electron chi connectivity index (χ4n) is 6.41. The molecule has 0 amide bonds. The first-order chi connectivity index (χ1) is 23.3. The zero-order valence-electron chi connectivity index (χ0n) is 25.4. The van der Waals surface area contributed by atoms with Crippen LogP contribution in [0.4, 0.5) is 17.1 Å². The van der Waals surface area contributed by atoms with Gasteiger partial charge in [0.05, 0.1) is 10.2 Å². The third kappa shape index (κ3) is 4.96. The van der Waals surface area contributed by atoms with Gasteiger partial charge < -0.3 is 9.32 Å². The van der Waals surface area contributed by atoms with Gasteiger partial charge in [-0.05, 0) is 70.8 Å². The zero-order valence-corrected chi connectivity index (χ0v) is 26.2. The van der Waals surface area contributed by atoms with Crippen LogP contribution in [-0.2, 0) is 0 Å². The Morgan fingerprint density at radius 3 is 1.79 bits per heavy atom. The maximum atomic E-state index is 6.53. The molecule has 3 nitrogen and oxygen atoms in total. The highest BCUT2D eigenvalue weighted by molar-refractivity contribution is 7.22. The number of anilines is 3. The number of fused-ring (bicyclic) bond motifs is 5. The Bertz CT molecular complexity index is 2500. The van der Waals surface area contributed by atoms with Crippen molar-refractivity contribution in [2.75, 3.05) is 4.90 Å². The zero-order chi connectivity index (χ0) is 31.2. The molecule has 0 atom stereocenters. The van der Waals surface area contributed by atoms with E-state index in [4.69, 9.17) is 9.40 Å². The highest BCUT2D eigenvalue weighted by Gasteiger charge is 2.18. The SMILES string of the molecule is c1ccc(-c2ccc(-c3cccc(N(c4ccccc4)c4ccc5c(c4)oc4ccc6nc(-c7ccccc7)sc6c45)c3)cc2)cc1. The molecule has 2 heterocycles. The van der Waals surface area contributed by atoms with Gasteiger partial charge in [0.1, 0.15) is 16.2 Å². The van der Waals surface area contributed by atoms with Crippen molar-refractivity contribution in [3.05, 3.63) is 170 Å². The fraction of sp³-hybridized carbons (Fsp3) is 0. The van der Waals surface area contributed by atoms with Gasteiger partial charge in [0.15, 0.2) is 0 Å². The van der Waals surface area contributed by atoms with Crippen LogP contribution in [0.2, 0.25) is 0 Å². The molecular weight excluding hydrogens is 593 g/mol. The number of para-hydroxylation sites is 1. The van der Waals surface area contributed by atoms with E-state index in [1.165, 1.54) is 16.7 Å². The Labute approximate surface area is 276 Å². The average Bonchev–Trinajstić information content (AvgIpc) is 3.75. The molecule has 9 aromatic rings. The molecular formula is C43H28N2OS. The minimum Gasteiger partial charge on any atom is -0.456 e. The number of furan rings is 1. The summed E-state index contributed by atoms with van der Waals surface area (Å²) in [6, 6.07) is 59.6. The van der Waals surface area contributed by atoms with Gasteiger partial charge >= 0.3 is 0 Å². The maximum Gasteiger partial charge on any atom is 0.137 e. The van der Waals surface area contributed by atoms with Crippen LogP contribution in [0.15, 0.2) is 174 Å². The van der Waals surface area contributed by atoms with E-state index < -0.39 is 0 Å². The molecule has 0 saturated carbocycles. The van der Waals surface area contributed by atoms with E-state index in [2.05, 4.69) is 163 Å². The summed E-state index contributed by atoms with van der Waals surface area (Å²) in [6.07, 6.45) is 0. The minimum absolute atomic E-state index is 0.855. The molecule has 0 saturated heterocycles. The van der Waals surface area contributed by atoms with E-state index >= 15 is 0 Å². The lowest BCUT2D eigenvalue weighted by molar-refractivity contribution is 0.669. The number of hydrogen-bond donors (Lipinski definition) is 0. The van der Waals surface area contributed by atoms with Crippen molar-refractivity contribution in [1.82, 2.24) is 4.98 Å². The van der Waals surface area contributed by atoms with Crippen LogP contribution >= 0.6 is 11.3 Å². The number of nitrogens with zero attached hydrogens (tertiary/aromatic N) is 2. The molecule has 0 radical (unpaired) electrons. The van der Waals surface area contributed by atoms with Crippen molar-refractivity contribution in [2.24, 2.45) is 0 Å². The summed E-state index contributed by atoms with van der Waals surface area (Å²) in [4.78, 5) is 7.26. The largest absolute Gasteiger partial charge is 0.456 e. The molecule has 4 heteroatoms. The Kier molecular flexibility index (Phi) is 6.65. The van der Waals surface area contributed by atoms with Gasteiger partial charge in [-0.2, -0.15) is 0 Å². The van der Waals surface area contributed by atoms with E-state index in [0.29, 0.717) is 0 Å². The Morgan fingerprint density at radius 1 is 0.447 bits per heavy atom. The van der Waals surface area contributed by atoms with Gasteiger partial charge in [-0.1, -0.05) is 115 Å². The average molecular weight is 621 g/mol. The van der Waals surface area contributed by atoms with Crippen LogP contribution in [0.1, 0.15) is 0 Å². The molecule has 0 aliphatic rings. The standard InChI is InChI=1S/C43H28N2OS/c1-4-11-29(12-5-1)30-19-21-31(22-20-30)33-15-10-18-35(27-33)45(34-16-8-3-9-17-34)36-23-24-37-40(28-36)46-39-26-25-38-42(41(37)39)47-43(44-38)32-13-6-2-7-14-32/h1-28H. The Balaban J connectivity index is 1.13. The van der Waals surface area contributed by atoms with Crippen LogP contribution in [0.3, 0.4) is 0 Å². The molecule has 9 rings (SSSR count). The maximum absolute atomic E-state index is 6.53. The molecule has 0 aliphatic carbocycles. The molecule has 0 fully saturated rings. The van der Waals surface area contributed by atoms with Gasteiger partial charge in [-0.25, -0.2) is 4.98 Å². The lowest BCUT2D eigenvalue weighted by Crippen LogP contribution is -2.09. The van der Waals surface area contributed by atoms with Crippen LogP contribution in [0.5, 0.6) is 0 Å². The highest BCUT2D eigenvalue weighted by atomic mass is 32.1. The van der Waals surface area contributed by atoms with Crippen molar-refractivity contribution in [2.45, 2.75) is 0 Å². The summed E-state index contributed by atoms with van der Waals surface area (Å²) < 4.78 is 7.68. The van der Waals surface area contributed by atoms with Gasteiger partial charge in [-0.15, -0.1) is 11.3 Å². The lowest BCUT2D eigenvalue weighted by Gasteiger charge is -2.26. The van der Waals surface area contributed by atoms with Crippen LogP contribution in [0, 0.1) is 0 Å². The topological polar surface area (TPSA) is 29.3 Å². The minimum atomic E-state index is 0.855. The quantitative estimate of drug-likeness (QED) is 0.185. The number of hydrogen-bond acceptors (Lipinski definition) is 4. The number of benzene rings is 7. The summed E-state index contributed by atoms with van der Waals surface area (Å²) >= 11 is 1.72. The second-order valence-electron chi connectivity index (χ2n) is 11.6. The van der Waals surface area contributed by atoms with Gasteiger partial charge in [-0.3, -0.25) is 0 Å². The van der Waals surface area contributed by atoms with Crippen molar-refractivity contribution in [3.63, 3.8) is 0 Å². The summed E-state index contributed by atoms with van der Waals surface area (Å²) in [5.74, 6) is 0. The molecule has 222 valence electrons. The summed E-state index contributed by atoms with van der Waals surface area (Å²) in [7, 11) is 0. The molecule has 0 unspecified atom stereocenters. The molecule has 7 aromatic carbocycles. The van der Waals surface area contributed by atoms with Gasteiger partial charge in [0.2, 0.25) is 0 Å². The third-order valence-corrected chi connectivity index (χ3v) is 9.83. The predicted molar refractivity (Wildman–Crippen MR) is 198 cm³/mol. The summed E-state index contributed by atoms with van der Waals surface area (Å²) in [5, 5.41) is 3.23. The molecule has 0 spiro atoms. The van der Waals surface area contributed by atoms with Crippen molar-refractivity contribution in [3.8, 4) is 32.8 Å². The fourth-order valence-corrected chi connectivity index (χ4v) is 7.53. The second-order valence-corrected chi connectivity index (χ2v) is 12.6. The monoisotopic (exact) mass is 620 g/mol. The smallest absolute Gasteiger partial charge is 0.137 e. The van der Waals surface area contributed by atoms with E-state index in [-0.39, 0.29) is 0 Å². The Hall–Kier alpha value is -5.97. The highest BCUT2D eigenvalue weighted by Crippen LogP contribution is 2.43.